The van der Waals surface area contributed by atoms with Crippen LogP contribution in [-0.2, 0) is 12.8 Å². The van der Waals surface area contributed by atoms with Gasteiger partial charge in [-0.25, -0.2) is 5.43 Å². The number of nitrogens with one attached hydrogen (secondary N) is 2. The van der Waals surface area contributed by atoms with Crippen LogP contribution in [0.4, 0.5) is 0 Å². The van der Waals surface area contributed by atoms with Crippen LogP contribution in [0.1, 0.15) is 27.2 Å². The van der Waals surface area contributed by atoms with Crippen molar-refractivity contribution in [3.8, 4) is 11.3 Å². The molecule has 0 saturated carbocycles. The van der Waals surface area contributed by atoms with Gasteiger partial charge < -0.3 is 0 Å². The number of hydrazone groups is 1. The number of nitrogens with zero attached hydrogens (tertiary/aromatic N) is 2. The van der Waals surface area contributed by atoms with Crippen molar-refractivity contribution >= 4 is 34.5 Å². The highest BCUT2D eigenvalue weighted by molar-refractivity contribution is 6.30. The summed E-state index contributed by atoms with van der Waals surface area (Å²) in [6.07, 6.45) is 3.70. The van der Waals surface area contributed by atoms with Crippen LogP contribution in [0.15, 0.2) is 65.8 Å². The Morgan fingerprint density at radius 3 is 2.76 bits per heavy atom. The van der Waals surface area contributed by atoms with Crippen molar-refractivity contribution in [2.45, 2.75) is 12.8 Å². The second kappa shape index (κ2) is 7.18. The number of aromatic amines is 1. The Labute approximate surface area is 172 Å². The lowest BCUT2D eigenvalue weighted by Gasteiger charge is -2.06. The number of carbonyl (C=O) groups excluding carboxylic acids is 1. The van der Waals surface area contributed by atoms with E-state index in [1.807, 2.05) is 12.1 Å². The van der Waals surface area contributed by atoms with E-state index in [2.05, 4.69) is 51.1 Å². The first-order chi connectivity index (χ1) is 14.2. The zero-order valence-corrected chi connectivity index (χ0v) is 16.2. The number of rotatable bonds is 4. The van der Waals surface area contributed by atoms with E-state index >= 15 is 0 Å². The molecule has 6 heteroatoms. The fourth-order valence-corrected chi connectivity index (χ4v) is 4.06. The Kier molecular flexibility index (Phi) is 4.37. The first kappa shape index (κ1) is 17.6. The van der Waals surface area contributed by atoms with Crippen molar-refractivity contribution in [1.82, 2.24) is 15.6 Å². The number of hydrogen-bond donors (Lipinski definition) is 2. The van der Waals surface area contributed by atoms with Crippen LogP contribution in [-0.4, -0.2) is 22.3 Å². The van der Waals surface area contributed by atoms with Crippen LogP contribution < -0.4 is 5.43 Å². The van der Waals surface area contributed by atoms with Gasteiger partial charge in [-0.2, -0.15) is 10.2 Å². The summed E-state index contributed by atoms with van der Waals surface area (Å²) in [6.45, 7) is 0. The molecule has 1 aliphatic carbocycles. The molecule has 4 aromatic rings. The fourth-order valence-electron chi connectivity index (χ4n) is 3.86. The van der Waals surface area contributed by atoms with Gasteiger partial charge in [0.05, 0.1) is 11.9 Å². The molecule has 1 aromatic heterocycles. The predicted octanol–water partition coefficient (Wildman–Crippen LogP) is 4.75. The molecule has 29 heavy (non-hydrogen) atoms. The van der Waals surface area contributed by atoms with Gasteiger partial charge in [0, 0.05) is 10.6 Å². The minimum absolute atomic E-state index is 0.353. The lowest BCUT2D eigenvalue weighted by molar-refractivity contribution is 0.0950. The van der Waals surface area contributed by atoms with Gasteiger partial charge >= 0.3 is 0 Å². The molecule has 0 unspecified atom stereocenters. The van der Waals surface area contributed by atoms with Crippen LogP contribution >= 0.6 is 11.6 Å². The van der Waals surface area contributed by atoms with Crippen LogP contribution in [0.3, 0.4) is 0 Å². The minimum Gasteiger partial charge on any atom is -0.272 e. The highest BCUT2D eigenvalue weighted by Crippen LogP contribution is 2.36. The molecule has 0 bridgehead atoms. The van der Waals surface area contributed by atoms with E-state index in [1.165, 1.54) is 21.9 Å². The van der Waals surface area contributed by atoms with Gasteiger partial charge in [0.15, 0.2) is 0 Å². The number of hydrogen-bond acceptors (Lipinski definition) is 3. The topological polar surface area (TPSA) is 70.1 Å². The second-order valence-electron chi connectivity index (χ2n) is 7.03. The maximum atomic E-state index is 12.4. The number of aromatic nitrogens is 2. The Bertz CT molecular complexity index is 1260. The van der Waals surface area contributed by atoms with Crippen LogP contribution in [0.2, 0.25) is 5.02 Å². The van der Waals surface area contributed by atoms with Crippen molar-refractivity contribution in [3.05, 3.63) is 88.1 Å². The third kappa shape index (κ3) is 3.30. The summed E-state index contributed by atoms with van der Waals surface area (Å²) in [7, 11) is 0. The Morgan fingerprint density at radius 1 is 1.07 bits per heavy atom. The molecule has 0 atom stereocenters. The summed E-state index contributed by atoms with van der Waals surface area (Å²) in [5.41, 5.74) is 8.18. The lowest BCUT2D eigenvalue weighted by Crippen LogP contribution is -2.17. The summed E-state index contributed by atoms with van der Waals surface area (Å²) >= 11 is 5.95. The normalized spacial score (nSPS) is 12.7. The van der Waals surface area contributed by atoms with Gasteiger partial charge in [-0.05, 0) is 58.5 Å². The van der Waals surface area contributed by atoms with Crippen LogP contribution in [0.25, 0.3) is 22.0 Å². The molecule has 5 nitrogen and oxygen atoms in total. The molecular formula is C23H17ClN4O. The third-order valence-corrected chi connectivity index (χ3v) is 5.44. The van der Waals surface area contributed by atoms with Crippen LogP contribution in [0.5, 0.6) is 0 Å². The summed E-state index contributed by atoms with van der Waals surface area (Å²) in [5.74, 6) is -0.354. The highest BCUT2D eigenvalue weighted by atomic mass is 35.5. The van der Waals surface area contributed by atoms with Crippen LogP contribution in [0, 0.1) is 0 Å². The van der Waals surface area contributed by atoms with Crippen molar-refractivity contribution in [3.63, 3.8) is 0 Å². The van der Waals surface area contributed by atoms with Gasteiger partial charge in [0.2, 0.25) is 0 Å². The number of H-pyrrole nitrogens is 1. The van der Waals surface area contributed by atoms with E-state index < -0.39 is 0 Å². The first-order valence-corrected chi connectivity index (χ1v) is 9.75. The molecule has 0 aliphatic heterocycles. The molecule has 0 radical (unpaired) electrons. The third-order valence-electron chi connectivity index (χ3n) is 5.20. The molecule has 3 aromatic carbocycles. The van der Waals surface area contributed by atoms with Crippen molar-refractivity contribution in [2.24, 2.45) is 5.10 Å². The molecule has 142 valence electrons. The van der Waals surface area contributed by atoms with E-state index in [0.29, 0.717) is 10.7 Å². The van der Waals surface area contributed by atoms with Gasteiger partial charge in [-0.3, -0.25) is 9.89 Å². The molecule has 0 spiro atoms. The maximum absolute atomic E-state index is 12.4. The van der Waals surface area contributed by atoms with Crippen molar-refractivity contribution in [1.29, 1.82) is 0 Å². The fraction of sp³-hybridized carbons (Fsp3) is 0.0870. The molecule has 1 amide bonds. The number of benzene rings is 3. The van der Waals surface area contributed by atoms with E-state index in [1.54, 1.807) is 24.4 Å². The molecule has 0 saturated heterocycles. The number of amides is 1. The SMILES string of the molecule is O=C(N/N=C\c1cccc(Cl)c1)c1cc(-c2ccc3c4c(cccc24)CC3)n[nH]1. The quantitative estimate of drug-likeness (QED) is 0.383. The average Bonchev–Trinajstić information content (AvgIpc) is 3.37. The minimum atomic E-state index is -0.354. The predicted molar refractivity (Wildman–Crippen MR) is 115 cm³/mol. The summed E-state index contributed by atoms with van der Waals surface area (Å²) in [5, 5.41) is 14.3. The molecule has 2 N–H and O–H groups in total. The summed E-state index contributed by atoms with van der Waals surface area (Å²) < 4.78 is 0. The van der Waals surface area contributed by atoms with E-state index in [9.17, 15) is 4.79 Å². The molecule has 5 rings (SSSR count). The van der Waals surface area contributed by atoms with Gasteiger partial charge in [0.1, 0.15) is 5.69 Å². The van der Waals surface area contributed by atoms with Gasteiger partial charge in [0.25, 0.3) is 5.91 Å². The number of aryl methyl sites for hydroxylation is 2. The Morgan fingerprint density at radius 2 is 1.90 bits per heavy atom. The van der Waals surface area contributed by atoms with Crippen molar-refractivity contribution in [2.75, 3.05) is 0 Å². The van der Waals surface area contributed by atoms with Crippen molar-refractivity contribution < 1.29 is 4.79 Å². The Hall–Kier alpha value is -3.44. The molecule has 0 fully saturated rings. The average molecular weight is 401 g/mol. The van der Waals surface area contributed by atoms with E-state index in [0.717, 1.165) is 29.7 Å². The first-order valence-electron chi connectivity index (χ1n) is 9.37. The standard InChI is InChI=1S/C23H17ClN4O/c24-17-5-1-3-14(11-17)13-25-28-23(29)21-12-20(26-27-21)18-10-9-16-8-7-15-4-2-6-19(18)22(15)16/h1-6,9-13H,7-8H2,(H,26,27)(H,28,29)/b25-13-. The number of halogens is 1. The smallest absolute Gasteiger partial charge is 0.272 e. The summed E-state index contributed by atoms with van der Waals surface area (Å²) in [6, 6.07) is 19.6. The molecule has 1 heterocycles. The Balaban J connectivity index is 1.39. The van der Waals surface area contributed by atoms with Gasteiger partial charge in [-0.15, -0.1) is 0 Å². The largest absolute Gasteiger partial charge is 0.289 e. The monoisotopic (exact) mass is 400 g/mol. The zero-order chi connectivity index (χ0) is 19.8. The number of carbonyl (C=O) groups is 1. The highest BCUT2D eigenvalue weighted by Gasteiger charge is 2.18. The molecular weight excluding hydrogens is 384 g/mol. The van der Waals surface area contributed by atoms with E-state index in [4.69, 9.17) is 11.6 Å². The maximum Gasteiger partial charge on any atom is 0.289 e. The van der Waals surface area contributed by atoms with Gasteiger partial charge in [-0.1, -0.05) is 54.1 Å². The van der Waals surface area contributed by atoms with E-state index in [-0.39, 0.29) is 5.91 Å². The molecule has 1 aliphatic rings. The summed E-state index contributed by atoms with van der Waals surface area (Å²) in [4.78, 5) is 12.4. The zero-order valence-electron chi connectivity index (χ0n) is 15.4. The lowest BCUT2D eigenvalue weighted by atomic mass is 9.98. The second-order valence-corrected chi connectivity index (χ2v) is 7.47.